The molecule has 0 spiro atoms. The first kappa shape index (κ1) is 16.9. The SMILES string of the molecule is Cc1[nH]nc2ccc(-c3cncc(OC[C@@H]4Cc5ccccc5CN4)n3)cc12. The molecule has 6 heteroatoms. The normalized spacial score (nSPS) is 16.1. The highest BCUT2D eigenvalue weighted by Crippen LogP contribution is 2.25. The van der Waals surface area contributed by atoms with E-state index in [-0.39, 0.29) is 6.04 Å². The van der Waals surface area contributed by atoms with Gasteiger partial charge in [0.15, 0.2) is 0 Å². The lowest BCUT2D eigenvalue weighted by Crippen LogP contribution is -2.40. The standard InChI is InChI=1S/C22H21N5O/c1-14-19-9-16(6-7-20(19)27-26-14)21-11-23-12-22(25-21)28-13-18-8-15-4-2-3-5-17(15)10-24-18/h2-7,9,11-12,18,24H,8,10,13H2,1H3,(H,26,27)/t18-/m0/s1. The van der Waals surface area contributed by atoms with Gasteiger partial charge in [0.05, 0.1) is 23.6 Å². The summed E-state index contributed by atoms with van der Waals surface area (Å²) in [7, 11) is 0. The van der Waals surface area contributed by atoms with Gasteiger partial charge in [-0.15, -0.1) is 0 Å². The Morgan fingerprint density at radius 1 is 1.11 bits per heavy atom. The van der Waals surface area contributed by atoms with Crippen LogP contribution < -0.4 is 10.1 Å². The van der Waals surface area contributed by atoms with E-state index in [9.17, 15) is 0 Å². The molecule has 1 aliphatic rings. The molecule has 0 amide bonds. The highest BCUT2D eigenvalue weighted by Gasteiger charge is 2.18. The van der Waals surface area contributed by atoms with Crippen LogP contribution in [0.15, 0.2) is 54.9 Å². The first-order chi connectivity index (χ1) is 13.8. The smallest absolute Gasteiger partial charge is 0.232 e. The zero-order chi connectivity index (χ0) is 18.9. The van der Waals surface area contributed by atoms with Crippen LogP contribution in [0.1, 0.15) is 16.8 Å². The second-order valence-corrected chi connectivity index (χ2v) is 7.18. The maximum Gasteiger partial charge on any atom is 0.232 e. The van der Waals surface area contributed by atoms with Gasteiger partial charge in [-0.05, 0) is 36.6 Å². The Morgan fingerprint density at radius 3 is 2.93 bits per heavy atom. The van der Waals surface area contributed by atoms with E-state index >= 15 is 0 Å². The largest absolute Gasteiger partial charge is 0.475 e. The molecule has 0 aliphatic carbocycles. The second kappa shape index (κ2) is 7.05. The van der Waals surface area contributed by atoms with Gasteiger partial charge < -0.3 is 10.1 Å². The molecular formula is C22H21N5O. The molecule has 5 rings (SSSR count). The molecule has 0 fully saturated rings. The fourth-order valence-electron chi connectivity index (χ4n) is 3.68. The van der Waals surface area contributed by atoms with Gasteiger partial charge in [-0.3, -0.25) is 10.1 Å². The van der Waals surface area contributed by atoms with Crippen LogP contribution in [0.25, 0.3) is 22.2 Å². The Bertz CT molecular complexity index is 1140. The fourth-order valence-corrected chi connectivity index (χ4v) is 3.68. The van der Waals surface area contributed by atoms with Crippen molar-refractivity contribution in [2.75, 3.05) is 6.61 Å². The highest BCUT2D eigenvalue weighted by molar-refractivity contribution is 5.85. The molecule has 140 valence electrons. The maximum absolute atomic E-state index is 5.96. The third-order valence-corrected chi connectivity index (χ3v) is 5.25. The molecule has 2 N–H and O–H groups in total. The van der Waals surface area contributed by atoms with Gasteiger partial charge in [0.1, 0.15) is 6.61 Å². The average Bonchev–Trinajstić information content (AvgIpc) is 3.12. The molecule has 0 saturated carbocycles. The van der Waals surface area contributed by atoms with Crippen molar-refractivity contribution in [2.45, 2.75) is 25.9 Å². The van der Waals surface area contributed by atoms with Crippen LogP contribution >= 0.6 is 0 Å². The van der Waals surface area contributed by atoms with E-state index in [2.05, 4.69) is 55.8 Å². The van der Waals surface area contributed by atoms with Gasteiger partial charge in [0, 0.05) is 29.2 Å². The summed E-state index contributed by atoms with van der Waals surface area (Å²) in [6.07, 6.45) is 4.39. The second-order valence-electron chi connectivity index (χ2n) is 7.18. The van der Waals surface area contributed by atoms with Crippen LogP contribution in [0, 0.1) is 6.92 Å². The van der Waals surface area contributed by atoms with E-state index in [4.69, 9.17) is 4.74 Å². The number of hydrogen-bond acceptors (Lipinski definition) is 5. The molecule has 6 nitrogen and oxygen atoms in total. The Balaban J connectivity index is 1.31. The Hall–Kier alpha value is -3.25. The molecule has 1 atom stereocenters. The molecule has 28 heavy (non-hydrogen) atoms. The minimum atomic E-state index is 0.269. The third-order valence-electron chi connectivity index (χ3n) is 5.25. The van der Waals surface area contributed by atoms with Crippen molar-refractivity contribution in [3.05, 3.63) is 71.7 Å². The number of hydrogen-bond donors (Lipinski definition) is 2. The zero-order valence-electron chi connectivity index (χ0n) is 15.6. The molecule has 1 aliphatic heterocycles. The van der Waals surface area contributed by atoms with Gasteiger partial charge in [-0.2, -0.15) is 5.10 Å². The van der Waals surface area contributed by atoms with E-state index in [1.54, 1.807) is 12.4 Å². The quantitative estimate of drug-likeness (QED) is 0.575. The minimum absolute atomic E-state index is 0.269. The number of aromatic amines is 1. The van der Waals surface area contributed by atoms with Crippen LogP contribution in [0.5, 0.6) is 5.88 Å². The Morgan fingerprint density at radius 2 is 2.00 bits per heavy atom. The predicted octanol–water partition coefficient (Wildman–Crippen LogP) is 3.42. The molecule has 0 bridgehead atoms. The molecule has 4 aromatic rings. The summed E-state index contributed by atoms with van der Waals surface area (Å²) in [5.74, 6) is 0.544. The number of aromatic nitrogens is 4. The number of nitrogens with zero attached hydrogens (tertiary/aromatic N) is 3. The number of H-pyrrole nitrogens is 1. The molecule has 2 aromatic heterocycles. The molecule has 0 radical (unpaired) electrons. The summed E-state index contributed by atoms with van der Waals surface area (Å²) in [5, 5.41) is 11.9. The lowest BCUT2D eigenvalue weighted by molar-refractivity contribution is 0.247. The van der Waals surface area contributed by atoms with Crippen LogP contribution in [-0.2, 0) is 13.0 Å². The van der Waals surface area contributed by atoms with Crippen LogP contribution in [0.4, 0.5) is 0 Å². The third kappa shape index (κ3) is 3.23. The van der Waals surface area contributed by atoms with Crippen molar-refractivity contribution in [3.8, 4) is 17.1 Å². The number of rotatable bonds is 4. The van der Waals surface area contributed by atoms with Crippen LogP contribution in [0.3, 0.4) is 0 Å². The highest BCUT2D eigenvalue weighted by atomic mass is 16.5. The zero-order valence-corrected chi connectivity index (χ0v) is 15.6. The van der Waals surface area contributed by atoms with Crippen molar-refractivity contribution in [1.82, 2.24) is 25.5 Å². The molecule has 3 heterocycles. The molecule has 0 saturated heterocycles. The first-order valence-corrected chi connectivity index (χ1v) is 9.46. The minimum Gasteiger partial charge on any atom is -0.475 e. The summed E-state index contributed by atoms with van der Waals surface area (Å²) in [4.78, 5) is 8.97. The molecule has 2 aromatic carbocycles. The average molecular weight is 371 g/mol. The predicted molar refractivity (Wildman–Crippen MR) is 108 cm³/mol. The number of aryl methyl sites for hydroxylation is 1. The summed E-state index contributed by atoms with van der Waals surface area (Å²) >= 11 is 0. The summed E-state index contributed by atoms with van der Waals surface area (Å²) in [6, 6.07) is 14.9. The number of ether oxygens (including phenoxy) is 1. The lowest BCUT2D eigenvalue weighted by Gasteiger charge is -2.25. The van der Waals surface area contributed by atoms with Gasteiger partial charge in [-0.1, -0.05) is 30.3 Å². The maximum atomic E-state index is 5.96. The van der Waals surface area contributed by atoms with E-state index < -0.39 is 0 Å². The van der Waals surface area contributed by atoms with E-state index in [0.29, 0.717) is 12.5 Å². The van der Waals surface area contributed by atoms with Gasteiger partial charge >= 0.3 is 0 Å². The van der Waals surface area contributed by atoms with Crippen molar-refractivity contribution >= 4 is 10.9 Å². The monoisotopic (exact) mass is 371 g/mol. The first-order valence-electron chi connectivity index (χ1n) is 9.46. The summed E-state index contributed by atoms with van der Waals surface area (Å²) in [5.41, 5.74) is 6.54. The van der Waals surface area contributed by atoms with E-state index in [0.717, 1.165) is 40.8 Å². The van der Waals surface area contributed by atoms with Gasteiger partial charge in [-0.25, -0.2) is 4.98 Å². The lowest BCUT2D eigenvalue weighted by atomic mass is 9.96. The van der Waals surface area contributed by atoms with Crippen LogP contribution in [0.2, 0.25) is 0 Å². The molecular weight excluding hydrogens is 350 g/mol. The number of nitrogens with one attached hydrogen (secondary N) is 2. The Labute approximate surface area is 163 Å². The van der Waals surface area contributed by atoms with Crippen LogP contribution in [-0.4, -0.2) is 32.8 Å². The summed E-state index contributed by atoms with van der Waals surface area (Å²) < 4.78 is 5.96. The van der Waals surface area contributed by atoms with Gasteiger partial charge in [0.2, 0.25) is 5.88 Å². The fraction of sp³-hybridized carbons (Fsp3) is 0.227. The van der Waals surface area contributed by atoms with Crippen molar-refractivity contribution in [1.29, 1.82) is 0 Å². The Kier molecular flexibility index (Phi) is 4.25. The van der Waals surface area contributed by atoms with Crippen molar-refractivity contribution in [3.63, 3.8) is 0 Å². The number of benzene rings is 2. The van der Waals surface area contributed by atoms with E-state index in [1.807, 2.05) is 19.1 Å². The van der Waals surface area contributed by atoms with Gasteiger partial charge in [0.25, 0.3) is 0 Å². The van der Waals surface area contributed by atoms with Crippen molar-refractivity contribution in [2.24, 2.45) is 0 Å². The summed E-state index contributed by atoms with van der Waals surface area (Å²) in [6.45, 7) is 3.45. The van der Waals surface area contributed by atoms with Crippen molar-refractivity contribution < 1.29 is 4.74 Å². The molecule has 0 unspecified atom stereocenters. The number of fused-ring (bicyclic) bond motifs is 2. The topological polar surface area (TPSA) is 75.7 Å². The van der Waals surface area contributed by atoms with E-state index in [1.165, 1.54) is 11.1 Å².